The van der Waals surface area contributed by atoms with Gasteiger partial charge in [0.25, 0.3) is 0 Å². The molecule has 1 aliphatic heterocycles. The highest BCUT2D eigenvalue weighted by atomic mass is 32.2. The van der Waals surface area contributed by atoms with Gasteiger partial charge in [0.05, 0.1) is 17.9 Å². The summed E-state index contributed by atoms with van der Waals surface area (Å²) in [6.07, 6.45) is 4.83. The fraction of sp³-hybridized carbons (Fsp3) is 0.333. The Hall–Kier alpha value is -3.06. The maximum Gasteiger partial charge on any atom is 0.216 e. The Bertz CT molecular complexity index is 1300. The Balaban J connectivity index is 1.57. The number of hydrogen-bond donors (Lipinski definition) is 1. The molecule has 1 N–H and O–H groups in total. The van der Waals surface area contributed by atoms with Gasteiger partial charge in [0, 0.05) is 49.7 Å². The predicted octanol–water partition coefficient (Wildman–Crippen LogP) is 3.77. The summed E-state index contributed by atoms with van der Waals surface area (Å²) in [6, 6.07) is 12.3. The Kier molecular flexibility index (Phi) is 6.88. The second kappa shape index (κ2) is 9.83. The average Bonchev–Trinajstić information content (AvgIpc) is 2.83. The van der Waals surface area contributed by atoms with Crippen molar-refractivity contribution in [1.29, 1.82) is 5.26 Å². The van der Waals surface area contributed by atoms with Crippen molar-refractivity contribution < 1.29 is 17.5 Å². The van der Waals surface area contributed by atoms with Crippen molar-refractivity contribution in [1.82, 2.24) is 9.29 Å². The van der Waals surface area contributed by atoms with Gasteiger partial charge in [-0.15, -0.1) is 0 Å². The van der Waals surface area contributed by atoms with Crippen LogP contribution < -0.4 is 5.32 Å². The molecule has 1 aliphatic rings. The van der Waals surface area contributed by atoms with Crippen molar-refractivity contribution in [3.05, 3.63) is 60.2 Å². The van der Waals surface area contributed by atoms with E-state index in [0.29, 0.717) is 31.5 Å². The van der Waals surface area contributed by atoms with Crippen molar-refractivity contribution in [3.63, 3.8) is 0 Å². The monoisotopic (exact) mass is 468 g/mol. The van der Waals surface area contributed by atoms with E-state index >= 15 is 0 Å². The molecule has 3 aromatic rings. The summed E-state index contributed by atoms with van der Waals surface area (Å²) in [7, 11) is -1.83. The normalized spacial score (nSPS) is 15.4. The number of anilines is 1. The highest BCUT2D eigenvalue weighted by Crippen LogP contribution is 2.32. The van der Waals surface area contributed by atoms with E-state index < -0.39 is 15.8 Å². The van der Waals surface area contributed by atoms with E-state index in [0.717, 1.165) is 22.0 Å². The molecule has 1 saturated heterocycles. The molecule has 33 heavy (non-hydrogen) atoms. The molecule has 1 aromatic heterocycles. The summed E-state index contributed by atoms with van der Waals surface area (Å²) in [6.45, 7) is 1.07. The summed E-state index contributed by atoms with van der Waals surface area (Å²) in [5.74, 6) is -0.567. The minimum absolute atomic E-state index is 0.00861. The van der Waals surface area contributed by atoms with E-state index in [1.807, 2.05) is 24.3 Å². The summed E-state index contributed by atoms with van der Waals surface area (Å²) < 4.78 is 45.5. The van der Waals surface area contributed by atoms with E-state index in [2.05, 4.69) is 10.3 Å². The number of pyridine rings is 1. The highest BCUT2D eigenvalue weighted by Gasteiger charge is 2.28. The van der Waals surface area contributed by atoms with Crippen molar-refractivity contribution in [3.8, 4) is 17.2 Å². The zero-order chi connectivity index (χ0) is 23.4. The average molecular weight is 469 g/mol. The van der Waals surface area contributed by atoms with E-state index in [1.54, 1.807) is 18.5 Å². The third-order valence-electron chi connectivity index (χ3n) is 5.93. The molecule has 0 saturated carbocycles. The number of nitrogens with zero attached hydrogens (tertiary/aromatic N) is 3. The second-order valence-electron chi connectivity index (χ2n) is 8.05. The molecule has 2 aromatic carbocycles. The number of halogens is 1. The van der Waals surface area contributed by atoms with Gasteiger partial charge in [0.1, 0.15) is 11.9 Å². The number of aromatic nitrogens is 1. The highest BCUT2D eigenvalue weighted by molar-refractivity contribution is 7.89. The van der Waals surface area contributed by atoms with E-state index in [1.165, 1.54) is 23.5 Å². The van der Waals surface area contributed by atoms with Gasteiger partial charge in [-0.05, 0) is 59.7 Å². The van der Waals surface area contributed by atoms with E-state index in [-0.39, 0.29) is 24.0 Å². The molecule has 7 nitrogen and oxygen atoms in total. The lowest BCUT2D eigenvalue weighted by molar-refractivity contribution is 0.214. The summed E-state index contributed by atoms with van der Waals surface area (Å²) in [5.41, 5.74) is 2.36. The molecule has 0 amide bonds. The predicted molar refractivity (Wildman–Crippen MR) is 126 cm³/mol. The zero-order valence-corrected chi connectivity index (χ0v) is 19.1. The van der Waals surface area contributed by atoms with Crippen LogP contribution in [0.5, 0.6) is 0 Å². The number of sulfonamides is 1. The number of hydrogen-bond acceptors (Lipinski definition) is 6. The first-order chi connectivity index (χ1) is 15.9. The maximum absolute atomic E-state index is 14.2. The largest absolute Gasteiger partial charge is 0.384 e. The number of benzene rings is 2. The van der Waals surface area contributed by atoms with Gasteiger partial charge < -0.3 is 10.1 Å². The molecule has 0 spiro atoms. The van der Waals surface area contributed by atoms with Crippen LogP contribution in [0.25, 0.3) is 21.9 Å². The number of nitriles is 1. The van der Waals surface area contributed by atoms with Gasteiger partial charge in [0.2, 0.25) is 10.0 Å². The number of ether oxygens (including phenoxy) is 1. The van der Waals surface area contributed by atoms with Crippen LogP contribution in [0.4, 0.5) is 10.1 Å². The number of piperidine rings is 1. The number of methoxy groups -OCH3 is 1. The molecule has 172 valence electrons. The van der Waals surface area contributed by atoms with Crippen molar-refractivity contribution in [2.45, 2.75) is 18.9 Å². The smallest absolute Gasteiger partial charge is 0.216 e. The van der Waals surface area contributed by atoms with Crippen molar-refractivity contribution in [2.24, 2.45) is 0 Å². The molecule has 9 heteroatoms. The fourth-order valence-corrected chi connectivity index (χ4v) is 5.49. The molecular formula is C24H25FN4O3S. The van der Waals surface area contributed by atoms with Crippen molar-refractivity contribution in [2.75, 3.05) is 37.9 Å². The van der Waals surface area contributed by atoms with E-state index in [4.69, 9.17) is 10.00 Å². The molecule has 4 rings (SSSR count). The summed E-state index contributed by atoms with van der Waals surface area (Å²) >= 11 is 0. The lowest BCUT2D eigenvalue weighted by Gasteiger charge is -2.32. The molecule has 0 radical (unpaired) electrons. The standard InChI is InChI=1S/C24H25FN4O3S/c1-32-10-11-33(30,31)29-8-5-21(6-9-29)28-24-14-20(12-18-4-7-27-16-22(18)24)17-2-3-19(15-26)23(25)13-17/h2-4,7,12-14,16,21,28H,5-6,8-11H2,1H3. The first-order valence-corrected chi connectivity index (χ1v) is 12.3. The minimum Gasteiger partial charge on any atom is -0.384 e. The third kappa shape index (κ3) is 5.14. The fourth-order valence-electron chi connectivity index (χ4n) is 4.09. The van der Waals surface area contributed by atoms with Gasteiger partial charge in [-0.1, -0.05) is 6.07 Å². The quantitative estimate of drug-likeness (QED) is 0.567. The topological polar surface area (TPSA) is 95.3 Å². The van der Waals surface area contributed by atoms with E-state index in [9.17, 15) is 12.8 Å². The lowest BCUT2D eigenvalue weighted by atomic mass is 9.98. The first-order valence-electron chi connectivity index (χ1n) is 10.7. The summed E-state index contributed by atoms with van der Waals surface area (Å²) in [4.78, 5) is 4.24. The van der Waals surface area contributed by atoms with Gasteiger partial charge in [-0.25, -0.2) is 17.1 Å². The van der Waals surface area contributed by atoms with Gasteiger partial charge in [0.15, 0.2) is 0 Å². The summed E-state index contributed by atoms with van der Waals surface area (Å²) in [5, 5.41) is 14.4. The van der Waals surface area contributed by atoms with Gasteiger partial charge in [-0.2, -0.15) is 5.26 Å². The first kappa shape index (κ1) is 23.1. The van der Waals surface area contributed by atoms with Gasteiger partial charge >= 0.3 is 0 Å². The Labute approximate surface area is 192 Å². The van der Waals surface area contributed by atoms with Crippen LogP contribution in [-0.4, -0.2) is 56.3 Å². The van der Waals surface area contributed by atoms with Crippen LogP contribution in [0.2, 0.25) is 0 Å². The zero-order valence-electron chi connectivity index (χ0n) is 18.3. The minimum atomic E-state index is -3.32. The Morgan fingerprint density at radius 2 is 2.00 bits per heavy atom. The second-order valence-corrected chi connectivity index (χ2v) is 10.1. The van der Waals surface area contributed by atoms with Gasteiger partial charge in [-0.3, -0.25) is 4.98 Å². The molecule has 2 heterocycles. The van der Waals surface area contributed by atoms with Crippen LogP contribution in [0.1, 0.15) is 18.4 Å². The Morgan fingerprint density at radius 3 is 2.70 bits per heavy atom. The van der Waals surface area contributed by atoms with Crippen LogP contribution in [0, 0.1) is 17.1 Å². The molecule has 1 fully saturated rings. The van der Waals surface area contributed by atoms with Crippen molar-refractivity contribution >= 4 is 26.5 Å². The SMILES string of the molecule is COCCS(=O)(=O)N1CCC(Nc2cc(-c3ccc(C#N)c(F)c3)cc3ccncc23)CC1. The number of nitrogens with one attached hydrogen (secondary N) is 1. The molecule has 0 atom stereocenters. The maximum atomic E-state index is 14.2. The third-order valence-corrected chi connectivity index (χ3v) is 7.77. The number of rotatable bonds is 7. The van der Waals surface area contributed by atoms with Crippen LogP contribution in [-0.2, 0) is 14.8 Å². The van der Waals surface area contributed by atoms with Crippen LogP contribution >= 0.6 is 0 Å². The Morgan fingerprint density at radius 1 is 1.21 bits per heavy atom. The molecule has 0 unspecified atom stereocenters. The molecule has 0 bridgehead atoms. The lowest BCUT2D eigenvalue weighted by Crippen LogP contribution is -2.43. The molecular weight excluding hydrogens is 443 g/mol. The van der Waals surface area contributed by atoms with Crippen LogP contribution in [0.3, 0.4) is 0 Å². The number of fused-ring (bicyclic) bond motifs is 1. The molecule has 0 aliphatic carbocycles. The van der Waals surface area contributed by atoms with Crippen LogP contribution in [0.15, 0.2) is 48.8 Å².